The zero-order valence-corrected chi connectivity index (χ0v) is 16.4. The molecule has 2 aliphatic rings. The Bertz CT molecular complexity index is 1060. The highest BCUT2D eigenvalue weighted by Crippen LogP contribution is 2.37. The summed E-state index contributed by atoms with van der Waals surface area (Å²) in [4.78, 5) is 14.3. The van der Waals surface area contributed by atoms with Crippen LogP contribution in [0.5, 0.6) is 23.0 Å². The number of fused-ring (bicyclic) bond motifs is 2. The van der Waals surface area contributed by atoms with Crippen molar-refractivity contribution in [2.45, 2.75) is 6.54 Å². The molecule has 29 heavy (non-hydrogen) atoms. The summed E-state index contributed by atoms with van der Waals surface area (Å²) in [5.41, 5.74) is 1.90. The molecule has 0 unspecified atom stereocenters. The van der Waals surface area contributed by atoms with Gasteiger partial charge in [0.15, 0.2) is 23.0 Å². The quantitative estimate of drug-likeness (QED) is 0.708. The molecule has 0 saturated carbocycles. The van der Waals surface area contributed by atoms with Crippen LogP contribution < -0.4 is 24.3 Å². The molecule has 1 amide bonds. The summed E-state index contributed by atoms with van der Waals surface area (Å²) in [7, 11) is 0. The summed E-state index contributed by atoms with van der Waals surface area (Å²) in [6.07, 6.45) is 0. The summed E-state index contributed by atoms with van der Waals surface area (Å²) in [6, 6.07) is 15.3. The maximum absolute atomic E-state index is 12.6. The largest absolute Gasteiger partial charge is 0.486 e. The molecule has 0 saturated heterocycles. The monoisotopic (exact) mass is 409 g/mol. The van der Waals surface area contributed by atoms with Crippen molar-refractivity contribution >= 4 is 17.2 Å². The average molecular weight is 409 g/mol. The highest BCUT2D eigenvalue weighted by atomic mass is 32.1. The van der Waals surface area contributed by atoms with Crippen LogP contribution >= 0.6 is 11.3 Å². The van der Waals surface area contributed by atoms with Crippen LogP contribution in [0.15, 0.2) is 48.5 Å². The van der Waals surface area contributed by atoms with E-state index in [1.807, 2.05) is 48.5 Å². The standard InChI is InChI=1S/C22H19NO5S/c24-22(23-13-15-2-1-3-17-21(15)28-11-10-26-17)20-7-6-19(29-20)14-4-5-16-18(12-14)27-9-8-25-16/h1-7,12H,8-11,13H2,(H,23,24). The van der Waals surface area contributed by atoms with Crippen molar-refractivity contribution in [1.82, 2.24) is 5.32 Å². The van der Waals surface area contributed by atoms with Crippen molar-refractivity contribution in [3.8, 4) is 33.4 Å². The van der Waals surface area contributed by atoms with E-state index < -0.39 is 0 Å². The number of benzene rings is 2. The van der Waals surface area contributed by atoms with E-state index in [4.69, 9.17) is 18.9 Å². The van der Waals surface area contributed by atoms with Gasteiger partial charge in [-0.25, -0.2) is 0 Å². The van der Waals surface area contributed by atoms with Crippen molar-refractivity contribution in [3.63, 3.8) is 0 Å². The molecule has 0 radical (unpaired) electrons. The fourth-order valence-corrected chi connectivity index (χ4v) is 4.27. The Morgan fingerprint density at radius 2 is 1.66 bits per heavy atom. The van der Waals surface area contributed by atoms with Gasteiger partial charge >= 0.3 is 0 Å². The summed E-state index contributed by atoms with van der Waals surface area (Å²) in [5, 5.41) is 2.97. The minimum atomic E-state index is -0.117. The average Bonchev–Trinajstić information content (AvgIpc) is 3.27. The lowest BCUT2D eigenvalue weighted by Crippen LogP contribution is -2.23. The number of ether oxygens (including phenoxy) is 4. The van der Waals surface area contributed by atoms with E-state index >= 15 is 0 Å². The van der Waals surface area contributed by atoms with Gasteiger partial charge in [-0.1, -0.05) is 12.1 Å². The number of para-hydroxylation sites is 1. The van der Waals surface area contributed by atoms with Crippen LogP contribution in [0.4, 0.5) is 0 Å². The van der Waals surface area contributed by atoms with Crippen molar-refractivity contribution in [2.24, 2.45) is 0 Å². The first-order valence-electron chi connectivity index (χ1n) is 9.43. The van der Waals surface area contributed by atoms with E-state index in [0.29, 0.717) is 43.6 Å². The third-order valence-corrected chi connectivity index (χ3v) is 5.88. The fraction of sp³-hybridized carbons (Fsp3) is 0.227. The Hall–Kier alpha value is -3.19. The summed E-state index contributed by atoms with van der Waals surface area (Å²) in [5.74, 6) is 2.81. The fourth-order valence-electron chi connectivity index (χ4n) is 3.35. The Labute approximate surface area is 172 Å². The molecular weight excluding hydrogens is 390 g/mol. The topological polar surface area (TPSA) is 66.0 Å². The molecule has 2 aromatic carbocycles. The van der Waals surface area contributed by atoms with Gasteiger partial charge in [-0.15, -0.1) is 11.3 Å². The molecule has 6 nitrogen and oxygen atoms in total. The Kier molecular flexibility index (Phi) is 4.73. The second-order valence-electron chi connectivity index (χ2n) is 6.65. The number of carbonyl (C=O) groups is 1. The van der Waals surface area contributed by atoms with Gasteiger partial charge in [-0.2, -0.15) is 0 Å². The van der Waals surface area contributed by atoms with Crippen LogP contribution in [-0.4, -0.2) is 32.3 Å². The van der Waals surface area contributed by atoms with Gasteiger partial charge in [-0.3, -0.25) is 4.79 Å². The Balaban J connectivity index is 1.29. The number of hydrogen-bond donors (Lipinski definition) is 1. The third kappa shape index (κ3) is 3.61. The second kappa shape index (κ2) is 7.67. The predicted molar refractivity (Wildman–Crippen MR) is 109 cm³/mol. The zero-order valence-electron chi connectivity index (χ0n) is 15.6. The van der Waals surface area contributed by atoms with Crippen LogP contribution in [-0.2, 0) is 6.54 Å². The number of thiophene rings is 1. The third-order valence-electron chi connectivity index (χ3n) is 4.74. The summed E-state index contributed by atoms with van der Waals surface area (Å²) in [6.45, 7) is 2.55. The van der Waals surface area contributed by atoms with Gasteiger partial charge in [0.2, 0.25) is 0 Å². The molecule has 7 heteroatoms. The number of nitrogens with one attached hydrogen (secondary N) is 1. The number of amides is 1. The number of carbonyl (C=O) groups excluding carboxylic acids is 1. The maximum Gasteiger partial charge on any atom is 0.261 e. The van der Waals surface area contributed by atoms with Crippen molar-refractivity contribution in [3.05, 3.63) is 59.0 Å². The van der Waals surface area contributed by atoms with Crippen LogP contribution in [0.1, 0.15) is 15.2 Å². The van der Waals surface area contributed by atoms with Gasteiger partial charge in [-0.05, 0) is 42.0 Å². The van der Waals surface area contributed by atoms with Crippen LogP contribution in [0.25, 0.3) is 10.4 Å². The molecule has 0 fully saturated rings. The number of rotatable bonds is 4. The minimum absolute atomic E-state index is 0.117. The highest BCUT2D eigenvalue weighted by Gasteiger charge is 2.18. The molecule has 3 aromatic rings. The molecule has 0 bridgehead atoms. The second-order valence-corrected chi connectivity index (χ2v) is 7.73. The maximum atomic E-state index is 12.6. The molecule has 0 spiro atoms. The molecule has 3 heterocycles. The smallest absolute Gasteiger partial charge is 0.261 e. The summed E-state index contributed by atoms with van der Waals surface area (Å²) < 4.78 is 22.5. The van der Waals surface area contributed by atoms with Crippen molar-refractivity contribution < 1.29 is 23.7 Å². The lowest BCUT2D eigenvalue weighted by Gasteiger charge is -2.21. The van der Waals surface area contributed by atoms with Gasteiger partial charge in [0.1, 0.15) is 26.4 Å². The lowest BCUT2D eigenvalue weighted by atomic mass is 10.1. The van der Waals surface area contributed by atoms with Gasteiger partial charge < -0.3 is 24.3 Å². The summed E-state index contributed by atoms with van der Waals surface area (Å²) >= 11 is 1.44. The molecule has 5 rings (SSSR count). The van der Waals surface area contributed by atoms with E-state index in [9.17, 15) is 4.79 Å². The molecule has 0 aliphatic carbocycles. The van der Waals surface area contributed by atoms with E-state index in [1.54, 1.807) is 0 Å². The zero-order chi connectivity index (χ0) is 19.6. The van der Waals surface area contributed by atoms with E-state index in [1.165, 1.54) is 11.3 Å². The molecule has 2 aliphatic heterocycles. The van der Waals surface area contributed by atoms with Gasteiger partial charge in [0, 0.05) is 17.0 Å². The predicted octanol–water partition coefficient (Wildman–Crippen LogP) is 3.89. The van der Waals surface area contributed by atoms with Crippen LogP contribution in [0, 0.1) is 0 Å². The first kappa shape index (κ1) is 17.9. The van der Waals surface area contributed by atoms with Gasteiger partial charge in [0.05, 0.1) is 4.88 Å². The van der Waals surface area contributed by atoms with Gasteiger partial charge in [0.25, 0.3) is 5.91 Å². The molecule has 0 atom stereocenters. The van der Waals surface area contributed by atoms with Crippen molar-refractivity contribution in [1.29, 1.82) is 0 Å². The SMILES string of the molecule is O=C(NCc1cccc2c1OCCO2)c1ccc(-c2ccc3c(c2)OCCO3)s1. The molecule has 1 aromatic heterocycles. The first-order valence-corrected chi connectivity index (χ1v) is 10.2. The highest BCUT2D eigenvalue weighted by molar-refractivity contribution is 7.17. The molecular formula is C22H19NO5S. The van der Waals surface area contributed by atoms with Crippen LogP contribution in [0.2, 0.25) is 0 Å². The number of hydrogen-bond acceptors (Lipinski definition) is 6. The molecule has 148 valence electrons. The molecule has 1 N–H and O–H groups in total. The minimum Gasteiger partial charge on any atom is -0.486 e. The van der Waals surface area contributed by atoms with Crippen LogP contribution in [0.3, 0.4) is 0 Å². The lowest BCUT2D eigenvalue weighted by molar-refractivity contribution is 0.0954. The van der Waals surface area contributed by atoms with Crippen molar-refractivity contribution in [2.75, 3.05) is 26.4 Å². The van der Waals surface area contributed by atoms with E-state index in [-0.39, 0.29) is 5.91 Å². The normalized spacial score (nSPS) is 14.3. The Morgan fingerprint density at radius 3 is 2.55 bits per heavy atom. The first-order chi connectivity index (χ1) is 14.3. The van der Waals surface area contributed by atoms with E-state index in [0.717, 1.165) is 33.3 Å². The Morgan fingerprint density at radius 1 is 0.862 bits per heavy atom. The van der Waals surface area contributed by atoms with E-state index in [2.05, 4.69) is 5.32 Å².